The quantitative estimate of drug-likeness (QED) is 0.183. The molecule has 226 valence electrons. The largest absolute Gasteiger partial charge is 0.508 e. The predicted molar refractivity (Wildman–Crippen MR) is 167 cm³/mol. The molecule has 43 heavy (non-hydrogen) atoms. The van der Waals surface area contributed by atoms with Crippen LogP contribution in [0.3, 0.4) is 0 Å². The van der Waals surface area contributed by atoms with E-state index in [1.165, 1.54) is 17.7 Å². The first-order chi connectivity index (χ1) is 20.6. The number of carbonyl (C=O) groups is 2. The van der Waals surface area contributed by atoms with Gasteiger partial charge in [0.15, 0.2) is 0 Å². The molecule has 4 aromatic rings. The number of aliphatic hydroxyl groups is 1. The van der Waals surface area contributed by atoms with E-state index in [0.717, 1.165) is 33.2 Å². The Balaban J connectivity index is 1.42. The molecule has 1 atom stereocenters. The fourth-order valence-electron chi connectivity index (χ4n) is 4.69. The molecule has 0 radical (unpaired) electrons. The summed E-state index contributed by atoms with van der Waals surface area (Å²) >= 11 is 0. The van der Waals surface area contributed by atoms with Crippen LogP contribution in [0, 0.1) is 0 Å². The number of aromatic nitrogens is 3. The number of amides is 2. The second-order valence-corrected chi connectivity index (χ2v) is 11.5. The number of carbonyl (C=O) groups excluding carboxylic acids is 2. The number of benzene rings is 2. The maximum absolute atomic E-state index is 13.0. The third kappa shape index (κ3) is 8.27. The monoisotopic (exact) mass is 584 g/mol. The highest BCUT2D eigenvalue weighted by Gasteiger charge is 2.26. The normalized spacial score (nSPS) is 12.1. The number of pyridine rings is 1. The molecule has 0 spiro atoms. The second-order valence-electron chi connectivity index (χ2n) is 11.5. The van der Waals surface area contributed by atoms with Crippen LogP contribution >= 0.6 is 0 Å². The maximum atomic E-state index is 13.0. The van der Waals surface area contributed by atoms with Crippen LogP contribution in [0.25, 0.3) is 16.9 Å². The number of aliphatic hydroxyl groups excluding tert-OH is 1. The van der Waals surface area contributed by atoms with Crippen molar-refractivity contribution >= 4 is 17.6 Å². The summed E-state index contributed by atoms with van der Waals surface area (Å²) < 4.78 is 1.84. The van der Waals surface area contributed by atoms with Crippen molar-refractivity contribution < 1.29 is 19.8 Å². The van der Waals surface area contributed by atoms with Crippen molar-refractivity contribution in [3.8, 4) is 22.7 Å². The minimum atomic E-state index is -0.955. The van der Waals surface area contributed by atoms with E-state index in [9.17, 15) is 19.8 Å². The standard InChI is InChI=1S/C33H40N6O4/c1-33(2,3)25-8-10-26(11-9-25)39-30(22-29(37-39)24-14-17-35-18-15-24)36-16-4-5-31(42)38(19-20-40)32(43)28(34)21-23-6-12-27(41)13-7-23/h6-15,17-18,22,28,36,40-41H,4-5,16,19-21,34H2,1-3H3. The van der Waals surface area contributed by atoms with Crippen molar-refractivity contribution in [1.29, 1.82) is 0 Å². The lowest BCUT2D eigenvalue weighted by atomic mass is 9.87. The number of phenolic OH excluding ortho intramolecular Hbond substituents is 1. The predicted octanol–water partition coefficient (Wildman–Crippen LogP) is 4.05. The number of hydrogen-bond donors (Lipinski definition) is 4. The van der Waals surface area contributed by atoms with Gasteiger partial charge in [-0.2, -0.15) is 5.10 Å². The molecule has 10 nitrogen and oxygen atoms in total. The Hall–Kier alpha value is -4.54. The number of phenols is 1. The smallest absolute Gasteiger partial charge is 0.246 e. The Morgan fingerprint density at radius 2 is 1.70 bits per heavy atom. The van der Waals surface area contributed by atoms with Crippen LogP contribution in [-0.4, -0.2) is 67.4 Å². The molecule has 2 amide bonds. The molecule has 1 unspecified atom stereocenters. The van der Waals surface area contributed by atoms with E-state index < -0.39 is 17.9 Å². The number of imide groups is 1. The molecule has 2 aromatic carbocycles. The summed E-state index contributed by atoms with van der Waals surface area (Å²) in [6.45, 7) is 6.49. The molecule has 2 heterocycles. The van der Waals surface area contributed by atoms with Gasteiger partial charge in [0.2, 0.25) is 11.8 Å². The minimum absolute atomic E-state index is 0.0270. The fraction of sp³-hybridized carbons (Fsp3) is 0.333. The van der Waals surface area contributed by atoms with Crippen LogP contribution < -0.4 is 11.1 Å². The highest BCUT2D eigenvalue weighted by atomic mass is 16.3. The Labute approximate surface area is 252 Å². The molecule has 5 N–H and O–H groups in total. The lowest BCUT2D eigenvalue weighted by molar-refractivity contribution is -0.146. The van der Waals surface area contributed by atoms with Gasteiger partial charge in [0.05, 0.1) is 30.6 Å². The summed E-state index contributed by atoms with van der Waals surface area (Å²) in [5.74, 6) is -0.0592. The molecular formula is C33H40N6O4. The molecule has 0 aliphatic carbocycles. The van der Waals surface area contributed by atoms with Crippen molar-refractivity contribution in [3.05, 3.63) is 90.3 Å². The third-order valence-electron chi connectivity index (χ3n) is 7.14. The van der Waals surface area contributed by atoms with Gasteiger partial charge in [0.25, 0.3) is 0 Å². The summed E-state index contributed by atoms with van der Waals surface area (Å²) in [7, 11) is 0. The van der Waals surface area contributed by atoms with Gasteiger partial charge in [-0.15, -0.1) is 0 Å². The van der Waals surface area contributed by atoms with Crippen LogP contribution in [-0.2, 0) is 21.4 Å². The van der Waals surface area contributed by atoms with Crippen molar-refractivity contribution in [2.24, 2.45) is 5.73 Å². The molecule has 0 fully saturated rings. The number of anilines is 1. The first-order valence-electron chi connectivity index (χ1n) is 14.4. The van der Waals surface area contributed by atoms with Gasteiger partial charge in [0.1, 0.15) is 11.6 Å². The van der Waals surface area contributed by atoms with Gasteiger partial charge in [-0.3, -0.25) is 19.5 Å². The highest BCUT2D eigenvalue weighted by Crippen LogP contribution is 2.27. The van der Waals surface area contributed by atoms with Crippen LogP contribution in [0.5, 0.6) is 5.75 Å². The van der Waals surface area contributed by atoms with E-state index in [1.807, 2.05) is 35.0 Å². The molecule has 4 rings (SSSR count). The van der Waals surface area contributed by atoms with Crippen molar-refractivity contribution in [2.45, 2.75) is 51.5 Å². The van der Waals surface area contributed by atoms with Gasteiger partial charge in [0, 0.05) is 37.0 Å². The van der Waals surface area contributed by atoms with E-state index >= 15 is 0 Å². The summed E-state index contributed by atoms with van der Waals surface area (Å²) in [5.41, 5.74) is 10.7. The van der Waals surface area contributed by atoms with Crippen molar-refractivity contribution in [3.63, 3.8) is 0 Å². The lowest BCUT2D eigenvalue weighted by Gasteiger charge is -2.23. The molecule has 0 aliphatic rings. The number of nitrogens with one attached hydrogen (secondary N) is 1. The van der Waals surface area contributed by atoms with E-state index in [0.29, 0.717) is 13.0 Å². The fourth-order valence-corrected chi connectivity index (χ4v) is 4.69. The summed E-state index contributed by atoms with van der Waals surface area (Å²) in [6, 6.07) is 19.5. The van der Waals surface area contributed by atoms with E-state index in [-0.39, 0.29) is 37.2 Å². The first-order valence-corrected chi connectivity index (χ1v) is 14.4. The Bertz CT molecular complexity index is 1500. The molecule has 0 saturated carbocycles. The van der Waals surface area contributed by atoms with E-state index in [1.54, 1.807) is 24.5 Å². The molecule has 10 heteroatoms. The van der Waals surface area contributed by atoms with Crippen LogP contribution in [0.15, 0.2) is 79.1 Å². The van der Waals surface area contributed by atoms with Crippen molar-refractivity contribution in [2.75, 3.05) is 25.0 Å². The number of rotatable bonds is 12. The first kappa shape index (κ1) is 31.4. The number of nitrogens with zero attached hydrogens (tertiary/aromatic N) is 4. The Morgan fingerprint density at radius 1 is 1.02 bits per heavy atom. The molecule has 0 aliphatic heterocycles. The lowest BCUT2D eigenvalue weighted by Crippen LogP contribution is -2.48. The van der Waals surface area contributed by atoms with E-state index in [2.05, 4.69) is 43.2 Å². The average molecular weight is 585 g/mol. The van der Waals surface area contributed by atoms with Gasteiger partial charge in [-0.1, -0.05) is 45.0 Å². The van der Waals surface area contributed by atoms with Gasteiger partial charge in [-0.25, -0.2) is 4.68 Å². The summed E-state index contributed by atoms with van der Waals surface area (Å²) in [6.07, 6.45) is 4.19. The van der Waals surface area contributed by atoms with Crippen LogP contribution in [0.4, 0.5) is 5.82 Å². The topological polar surface area (TPSA) is 147 Å². The average Bonchev–Trinajstić information content (AvgIpc) is 3.43. The summed E-state index contributed by atoms with van der Waals surface area (Å²) in [4.78, 5) is 31.2. The maximum Gasteiger partial charge on any atom is 0.246 e. The number of hydrogen-bond acceptors (Lipinski definition) is 8. The van der Waals surface area contributed by atoms with E-state index in [4.69, 9.17) is 10.8 Å². The van der Waals surface area contributed by atoms with Gasteiger partial charge < -0.3 is 21.3 Å². The van der Waals surface area contributed by atoms with Crippen LogP contribution in [0.2, 0.25) is 0 Å². The van der Waals surface area contributed by atoms with Crippen molar-refractivity contribution in [1.82, 2.24) is 19.7 Å². The Morgan fingerprint density at radius 3 is 2.33 bits per heavy atom. The number of nitrogens with two attached hydrogens (primary N) is 1. The molecule has 0 bridgehead atoms. The van der Waals surface area contributed by atoms with Crippen LogP contribution in [0.1, 0.15) is 44.7 Å². The molecule has 2 aromatic heterocycles. The third-order valence-corrected chi connectivity index (χ3v) is 7.14. The SMILES string of the molecule is CC(C)(C)c1ccc(-n2nc(-c3ccncc3)cc2NCCCC(=O)N(CCO)C(=O)C(N)Cc2ccc(O)cc2)cc1. The summed E-state index contributed by atoms with van der Waals surface area (Å²) in [5, 5.41) is 27.2. The second kappa shape index (κ2) is 14.1. The zero-order chi connectivity index (χ0) is 31.0. The molecule has 0 saturated heterocycles. The molecular weight excluding hydrogens is 544 g/mol. The zero-order valence-electron chi connectivity index (χ0n) is 24.9. The highest BCUT2D eigenvalue weighted by molar-refractivity contribution is 5.97. The zero-order valence-corrected chi connectivity index (χ0v) is 24.9. The number of aromatic hydroxyl groups is 1. The van der Waals surface area contributed by atoms with Gasteiger partial charge in [-0.05, 0) is 65.8 Å². The minimum Gasteiger partial charge on any atom is -0.508 e. The van der Waals surface area contributed by atoms with Gasteiger partial charge >= 0.3 is 0 Å². The Kier molecular flexibility index (Phi) is 10.3.